The van der Waals surface area contributed by atoms with E-state index in [1.807, 2.05) is 6.07 Å². The lowest BCUT2D eigenvalue weighted by atomic mass is 9.80. The topological polar surface area (TPSA) is 38.0 Å². The average Bonchev–Trinajstić information content (AvgIpc) is 2.34. The van der Waals surface area contributed by atoms with Gasteiger partial charge in [-0.3, -0.25) is 0 Å². The first kappa shape index (κ1) is 13.8. The molecule has 0 bridgehead atoms. The second-order valence-electron chi connectivity index (χ2n) is 5.26. The van der Waals surface area contributed by atoms with Crippen molar-refractivity contribution in [2.24, 2.45) is 11.8 Å². The third-order valence-corrected chi connectivity index (χ3v) is 4.66. The van der Waals surface area contributed by atoms with Gasteiger partial charge in [0.05, 0.1) is 21.4 Å². The molecule has 2 unspecified atom stereocenters. The molecule has 18 heavy (non-hydrogen) atoms. The third kappa shape index (κ3) is 3.24. The number of nitrogen functional groups attached to an aromatic ring is 1. The highest BCUT2D eigenvalue weighted by molar-refractivity contribution is 6.42. The number of nitrogens with one attached hydrogen (secondary N) is 1. The fourth-order valence-electron chi connectivity index (χ4n) is 2.65. The van der Waals surface area contributed by atoms with Crippen LogP contribution in [0.25, 0.3) is 0 Å². The second kappa shape index (κ2) is 6.03. The van der Waals surface area contributed by atoms with Crippen LogP contribution in [0, 0.1) is 11.8 Å². The maximum atomic E-state index is 6.01. The number of rotatable bonds is 3. The number of benzene rings is 1. The molecule has 2 nitrogen and oxygen atoms in total. The van der Waals surface area contributed by atoms with Crippen LogP contribution in [0.1, 0.15) is 32.6 Å². The fraction of sp³-hybridized carbons (Fsp3) is 0.571. The van der Waals surface area contributed by atoms with Gasteiger partial charge in [-0.1, -0.05) is 49.4 Å². The van der Waals surface area contributed by atoms with E-state index in [1.54, 1.807) is 6.07 Å². The highest BCUT2D eigenvalue weighted by atomic mass is 35.5. The van der Waals surface area contributed by atoms with Gasteiger partial charge in [-0.2, -0.15) is 0 Å². The Kier molecular flexibility index (Phi) is 4.63. The summed E-state index contributed by atoms with van der Waals surface area (Å²) in [6.45, 7) is 3.30. The Hall–Kier alpha value is -0.600. The van der Waals surface area contributed by atoms with Gasteiger partial charge in [-0.25, -0.2) is 0 Å². The van der Waals surface area contributed by atoms with Gasteiger partial charge in [-0.15, -0.1) is 0 Å². The fourth-order valence-corrected chi connectivity index (χ4v) is 2.99. The first-order valence-electron chi connectivity index (χ1n) is 6.56. The Bertz CT molecular complexity index is 421. The van der Waals surface area contributed by atoms with Gasteiger partial charge in [0.15, 0.2) is 0 Å². The third-order valence-electron chi connectivity index (χ3n) is 3.94. The summed E-state index contributed by atoms with van der Waals surface area (Å²) in [4.78, 5) is 0. The molecule has 0 amide bonds. The van der Waals surface area contributed by atoms with E-state index in [1.165, 1.54) is 25.7 Å². The number of nitrogens with two attached hydrogens (primary N) is 1. The lowest BCUT2D eigenvalue weighted by molar-refractivity contribution is 0.268. The molecule has 0 aliphatic heterocycles. The molecule has 0 aromatic heterocycles. The smallest absolute Gasteiger partial charge is 0.0614 e. The molecule has 1 aliphatic carbocycles. The SMILES string of the molecule is CC1CCCCC1CNc1cc(Cl)c(Cl)cc1N. The van der Waals surface area contributed by atoms with Gasteiger partial charge < -0.3 is 11.1 Å². The molecule has 1 fully saturated rings. The predicted molar refractivity (Wildman–Crippen MR) is 80.5 cm³/mol. The molecule has 1 saturated carbocycles. The molecule has 1 aliphatic rings. The molecule has 0 heterocycles. The van der Waals surface area contributed by atoms with Crippen molar-refractivity contribution >= 4 is 34.6 Å². The van der Waals surface area contributed by atoms with Crippen molar-refractivity contribution in [3.63, 3.8) is 0 Å². The van der Waals surface area contributed by atoms with Gasteiger partial charge in [0.2, 0.25) is 0 Å². The molecule has 0 radical (unpaired) electrons. The highest BCUT2D eigenvalue weighted by Gasteiger charge is 2.21. The minimum atomic E-state index is 0.505. The van der Waals surface area contributed by atoms with Crippen molar-refractivity contribution in [3.05, 3.63) is 22.2 Å². The predicted octanol–water partition coefficient (Wildman–Crippen LogP) is 4.81. The number of anilines is 2. The average molecular weight is 287 g/mol. The number of hydrogen-bond acceptors (Lipinski definition) is 2. The van der Waals surface area contributed by atoms with E-state index in [4.69, 9.17) is 28.9 Å². The monoisotopic (exact) mass is 286 g/mol. The number of hydrogen-bond donors (Lipinski definition) is 2. The lowest BCUT2D eigenvalue weighted by Crippen LogP contribution is -2.24. The number of halogens is 2. The zero-order valence-corrected chi connectivity index (χ0v) is 12.2. The summed E-state index contributed by atoms with van der Waals surface area (Å²) in [5.74, 6) is 1.52. The van der Waals surface area contributed by atoms with Crippen LogP contribution in [-0.2, 0) is 0 Å². The van der Waals surface area contributed by atoms with Crippen molar-refractivity contribution in [3.8, 4) is 0 Å². The second-order valence-corrected chi connectivity index (χ2v) is 6.07. The van der Waals surface area contributed by atoms with Gasteiger partial charge in [0.1, 0.15) is 0 Å². The van der Waals surface area contributed by atoms with Crippen LogP contribution in [0.4, 0.5) is 11.4 Å². The zero-order valence-electron chi connectivity index (χ0n) is 10.7. The summed E-state index contributed by atoms with van der Waals surface area (Å²) in [5.41, 5.74) is 7.49. The standard InChI is InChI=1S/C14H20Cl2N2/c1-9-4-2-3-5-10(9)8-18-14-7-12(16)11(15)6-13(14)17/h6-7,9-10,18H,2-5,8,17H2,1H3. The molecule has 100 valence electrons. The van der Waals surface area contributed by atoms with Crippen molar-refractivity contribution in [1.82, 2.24) is 0 Å². The van der Waals surface area contributed by atoms with Gasteiger partial charge in [0, 0.05) is 6.54 Å². The van der Waals surface area contributed by atoms with E-state index in [0.29, 0.717) is 15.7 Å². The van der Waals surface area contributed by atoms with E-state index >= 15 is 0 Å². The van der Waals surface area contributed by atoms with E-state index in [0.717, 1.165) is 24.1 Å². The first-order valence-corrected chi connectivity index (χ1v) is 7.32. The van der Waals surface area contributed by atoms with E-state index in [2.05, 4.69) is 12.2 Å². The molecule has 0 saturated heterocycles. The maximum Gasteiger partial charge on any atom is 0.0614 e. The molecule has 2 rings (SSSR count). The Morgan fingerprint density at radius 2 is 1.89 bits per heavy atom. The lowest BCUT2D eigenvalue weighted by Gasteiger charge is -2.29. The summed E-state index contributed by atoms with van der Waals surface area (Å²) >= 11 is 11.9. The summed E-state index contributed by atoms with van der Waals surface area (Å²) in [6, 6.07) is 3.52. The van der Waals surface area contributed by atoms with Gasteiger partial charge in [0.25, 0.3) is 0 Å². The largest absolute Gasteiger partial charge is 0.397 e. The normalized spacial score (nSPS) is 23.9. The van der Waals surface area contributed by atoms with Crippen LogP contribution in [0.2, 0.25) is 10.0 Å². The maximum absolute atomic E-state index is 6.01. The molecular weight excluding hydrogens is 267 g/mol. The molecule has 0 spiro atoms. The molecule has 4 heteroatoms. The summed E-state index contributed by atoms with van der Waals surface area (Å²) < 4.78 is 0. The van der Waals surface area contributed by atoms with Gasteiger partial charge in [-0.05, 0) is 30.4 Å². The van der Waals surface area contributed by atoms with Crippen LogP contribution >= 0.6 is 23.2 Å². The van der Waals surface area contributed by atoms with Crippen LogP contribution in [-0.4, -0.2) is 6.54 Å². The Balaban J connectivity index is 1.99. The Morgan fingerprint density at radius 3 is 2.61 bits per heavy atom. The van der Waals surface area contributed by atoms with E-state index < -0.39 is 0 Å². The van der Waals surface area contributed by atoms with Crippen LogP contribution in [0.3, 0.4) is 0 Å². The molecule has 2 atom stereocenters. The zero-order chi connectivity index (χ0) is 13.1. The van der Waals surface area contributed by atoms with Crippen molar-refractivity contribution in [2.45, 2.75) is 32.6 Å². The molecule has 1 aromatic rings. The quantitative estimate of drug-likeness (QED) is 0.783. The minimum Gasteiger partial charge on any atom is -0.397 e. The minimum absolute atomic E-state index is 0.505. The van der Waals surface area contributed by atoms with E-state index in [9.17, 15) is 0 Å². The molecular formula is C14H20Cl2N2. The Morgan fingerprint density at radius 1 is 1.22 bits per heavy atom. The van der Waals surface area contributed by atoms with E-state index in [-0.39, 0.29) is 0 Å². The van der Waals surface area contributed by atoms with Crippen LogP contribution < -0.4 is 11.1 Å². The van der Waals surface area contributed by atoms with Crippen molar-refractivity contribution in [1.29, 1.82) is 0 Å². The van der Waals surface area contributed by atoms with Crippen LogP contribution in [0.5, 0.6) is 0 Å². The van der Waals surface area contributed by atoms with Crippen LogP contribution in [0.15, 0.2) is 12.1 Å². The summed E-state index contributed by atoms with van der Waals surface area (Å²) in [7, 11) is 0. The van der Waals surface area contributed by atoms with Crippen molar-refractivity contribution < 1.29 is 0 Å². The summed E-state index contributed by atoms with van der Waals surface area (Å²) in [6.07, 6.45) is 5.35. The Labute approximate surface area is 119 Å². The summed E-state index contributed by atoms with van der Waals surface area (Å²) in [5, 5.41) is 4.46. The molecule has 3 N–H and O–H groups in total. The van der Waals surface area contributed by atoms with Crippen molar-refractivity contribution in [2.75, 3.05) is 17.6 Å². The highest BCUT2D eigenvalue weighted by Crippen LogP contribution is 2.33. The first-order chi connectivity index (χ1) is 8.58. The molecule has 1 aromatic carbocycles. The van der Waals surface area contributed by atoms with Gasteiger partial charge >= 0.3 is 0 Å².